The van der Waals surface area contributed by atoms with Crippen LogP contribution in [0, 0.1) is 20.8 Å². The van der Waals surface area contributed by atoms with E-state index >= 15 is 0 Å². The number of rotatable bonds is 7. The van der Waals surface area contributed by atoms with E-state index in [9.17, 15) is 34.8 Å². The number of hydrogen-bond donors (Lipinski definition) is 1. The third kappa shape index (κ3) is 11.6. The number of hydrogen-bond acceptors (Lipinski definition) is 6. The first-order valence-electron chi connectivity index (χ1n) is 19.0. The zero-order valence-electron chi connectivity index (χ0n) is 34.3. The standard InChI is InChI=1S/C29H28F3N3O2S.C18H12BrF3N2/c1-18-14-22(12-13-25(18)29(30,31)32)26-15-19(2)33-27(34-26)23-10-6-8-20(16-23)21-9-7-11-24(17-21)38(36,37)35-28(3,4)5;1-11-9-16(12-5-7-14(8-6-12)18(20,21)22)24-17(23-11)13-3-2-4-15(19)10-13/h6-17,35H,1-5H3;2-10H,1H3. The van der Waals surface area contributed by atoms with Crippen molar-refractivity contribution in [2.45, 2.75) is 64.3 Å². The highest BCUT2D eigenvalue weighted by atomic mass is 79.9. The molecule has 0 saturated heterocycles. The molecule has 0 spiro atoms. The summed E-state index contributed by atoms with van der Waals surface area (Å²) in [5, 5.41) is 0. The summed E-state index contributed by atoms with van der Waals surface area (Å²) in [6, 6.07) is 34.0. The number of aromatic nitrogens is 4. The second-order valence-corrected chi connectivity index (χ2v) is 18.1. The van der Waals surface area contributed by atoms with Gasteiger partial charge in [-0.25, -0.2) is 33.1 Å². The summed E-state index contributed by atoms with van der Waals surface area (Å²) in [7, 11) is -3.71. The summed E-state index contributed by atoms with van der Waals surface area (Å²) in [4.78, 5) is 18.2. The molecule has 62 heavy (non-hydrogen) atoms. The van der Waals surface area contributed by atoms with Gasteiger partial charge in [0.25, 0.3) is 0 Å². The van der Waals surface area contributed by atoms with Crippen LogP contribution in [0.1, 0.15) is 48.8 Å². The van der Waals surface area contributed by atoms with Crippen molar-refractivity contribution in [1.29, 1.82) is 0 Å². The van der Waals surface area contributed by atoms with Crippen LogP contribution in [0.3, 0.4) is 0 Å². The van der Waals surface area contributed by atoms with Crippen molar-refractivity contribution in [1.82, 2.24) is 24.7 Å². The first-order valence-corrected chi connectivity index (χ1v) is 21.3. The van der Waals surface area contributed by atoms with Gasteiger partial charge in [-0.15, -0.1) is 0 Å². The van der Waals surface area contributed by atoms with Crippen molar-refractivity contribution in [3.63, 3.8) is 0 Å². The summed E-state index contributed by atoms with van der Waals surface area (Å²) in [5.74, 6) is 0.948. The Kier molecular flexibility index (Phi) is 13.2. The average molecular weight is 933 g/mol. The number of nitrogens with zero attached hydrogens (tertiary/aromatic N) is 4. The largest absolute Gasteiger partial charge is 0.416 e. The average Bonchev–Trinajstić information content (AvgIpc) is 3.19. The lowest BCUT2D eigenvalue weighted by atomic mass is 10.0. The third-order valence-electron chi connectivity index (χ3n) is 9.17. The maximum absolute atomic E-state index is 13.2. The molecule has 0 atom stereocenters. The van der Waals surface area contributed by atoms with Gasteiger partial charge in [0.1, 0.15) is 0 Å². The summed E-state index contributed by atoms with van der Waals surface area (Å²) in [6.07, 6.45) is -8.77. The molecule has 320 valence electrons. The van der Waals surface area contributed by atoms with Gasteiger partial charge in [0.2, 0.25) is 10.0 Å². The summed E-state index contributed by atoms with van der Waals surface area (Å²) in [5.41, 5.74) is 4.82. The van der Waals surface area contributed by atoms with E-state index in [0.29, 0.717) is 51.0 Å². The number of sulfonamides is 1. The molecule has 0 fully saturated rings. The molecule has 0 amide bonds. The number of alkyl halides is 6. The van der Waals surface area contributed by atoms with Gasteiger partial charge in [-0.1, -0.05) is 76.6 Å². The lowest BCUT2D eigenvalue weighted by Crippen LogP contribution is -2.40. The van der Waals surface area contributed by atoms with E-state index in [-0.39, 0.29) is 10.5 Å². The van der Waals surface area contributed by atoms with E-state index in [4.69, 9.17) is 0 Å². The minimum absolute atomic E-state index is 0.116. The number of aryl methyl sites for hydroxylation is 3. The monoisotopic (exact) mass is 931 g/mol. The fourth-order valence-electron chi connectivity index (χ4n) is 6.43. The molecular formula is C47H40BrF6N5O2S. The van der Waals surface area contributed by atoms with Gasteiger partial charge in [-0.2, -0.15) is 26.3 Å². The van der Waals surface area contributed by atoms with Crippen molar-refractivity contribution < 1.29 is 34.8 Å². The predicted octanol–water partition coefficient (Wildman–Crippen LogP) is 13.1. The van der Waals surface area contributed by atoms with Gasteiger partial charge in [0, 0.05) is 43.7 Å². The van der Waals surface area contributed by atoms with Crippen molar-refractivity contribution >= 4 is 26.0 Å². The Morgan fingerprint density at radius 2 is 1.02 bits per heavy atom. The molecule has 0 aliphatic heterocycles. The molecule has 2 aromatic heterocycles. The summed E-state index contributed by atoms with van der Waals surface area (Å²) in [6.45, 7) is 10.4. The van der Waals surface area contributed by atoms with Gasteiger partial charge < -0.3 is 0 Å². The second kappa shape index (κ2) is 17.9. The van der Waals surface area contributed by atoms with Crippen LogP contribution in [0.2, 0.25) is 0 Å². The number of nitrogens with one attached hydrogen (secondary N) is 1. The molecule has 7 rings (SSSR count). The maximum atomic E-state index is 13.2. The van der Waals surface area contributed by atoms with E-state index in [0.717, 1.165) is 39.5 Å². The van der Waals surface area contributed by atoms with Crippen LogP contribution in [0.4, 0.5) is 26.3 Å². The minimum atomic E-state index is -4.42. The zero-order chi connectivity index (χ0) is 45.2. The first-order chi connectivity index (χ1) is 28.9. The number of benzene rings is 5. The SMILES string of the molecule is Cc1cc(-c2ccc(C(F)(F)F)c(C)c2)nc(-c2cccc(-c3cccc(S(=O)(=O)NC(C)(C)C)c3)c2)n1.Cc1cc(-c2ccc(C(F)(F)F)cc2)nc(-c2cccc(Br)c2)n1. The molecule has 0 bridgehead atoms. The van der Waals surface area contributed by atoms with E-state index in [1.165, 1.54) is 31.2 Å². The Morgan fingerprint density at radius 1 is 0.516 bits per heavy atom. The highest BCUT2D eigenvalue weighted by Gasteiger charge is 2.32. The predicted molar refractivity (Wildman–Crippen MR) is 233 cm³/mol. The molecule has 1 N–H and O–H groups in total. The van der Waals surface area contributed by atoms with E-state index in [2.05, 4.69) is 40.6 Å². The molecule has 0 saturated carbocycles. The topological polar surface area (TPSA) is 97.7 Å². The quantitative estimate of drug-likeness (QED) is 0.160. The normalized spacial score (nSPS) is 12.1. The van der Waals surface area contributed by atoms with Gasteiger partial charge in [-0.3, -0.25) is 0 Å². The highest BCUT2D eigenvalue weighted by molar-refractivity contribution is 9.10. The van der Waals surface area contributed by atoms with Gasteiger partial charge in [0.15, 0.2) is 11.6 Å². The van der Waals surface area contributed by atoms with Gasteiger partial charge >= 0.3 is 12.4 Å². The fourth-order valence-corrected chi connectivity index (χ4v) is 8.30. The molecule has 7 nitrogen and oxygen atoms in total. The van der Waals surface area contributed by atoms with Gasteiger partial charge in [0.05, 0.1) is 27.4 Å². The Balaban J connectivity index is 0.000000229. The van der Waals surface area contributed by atoms with Crippen molar-refractivity contribution in [3.05, 3.63) is 160 Å². The van der Waals surface area contributed by atoms with Crippen molar-refractivity contribution in [2.75, 3.05) is 0 Å². The lowest BCUT2D eigenvalue weighted by molar-refractivity contribution is -0.138. The molecule has 5 aromatic carbocycles. The number of halogens is 7. The summed E-state index contributed by atoms with van der Waals surface area (Å²) < 4.78 is 107. The maximum Gasteiger partial charge on any atom is 0.416 e. The van der Waals surface area contributed by atoms with Crippen LogP contribution in [0.25, 0.3) is 56.4 Å². The van der Waals surface area contributed by atoms with E-state index in [1.807, 2.05) is 61.5 Å². The van der Waals surface area contributed by atoms with Crippen LogP contribution in [-0.4, -0.2) is 33.9 Å². The Labute approximate surface area is 364 Å². The van der Waals surface area contributed by atoms with Crippen LogP contribution in [-0.2, 0) is 22.4 Å². The highest BCUT2D eigenvalue weighted by Crippen LogP contribution is 2.35. The minimum Gasteiger partial charge on any atom is -0.233 e. The van der Waals surface area contributed by atoms with E-state index < -0.39 is 39.0 Å². The molecule has 15 heteroatoms. The third-order valence-corrected chi connectivity index (χ3v) is 11.4. The van der Waals surface area contributed by atoms with Crippen LogP contribution >= 0.6 is 15.9 Å². The smallest absolute Gasteiger partial charge is 0.233 e. The Hall–Kier alpha value is -5.77. The van der Waals surface area contributed by atoms with Crippen molar-refractivity contribution in [2.24, 2.45) is 0 Å². The molecular weight excluding hydrogens is 893 g/mol. The fraction of sp³-hybridized carbons (Fsp3) is 0.191. The first kappa shape index (κ1) is 45.7. The van der Waals surface area contributed by atoms with Crippen molar-refractivity contribution in [3.8, 4) is 56.4 Å². The molecule has 0 aliphatic carbocycles. The van der Waals surface area contributed by atoms with E-state index in [1.54, 1.807) is 58.0 Å². The molecule has 2 heterocycles. The van der Waals surface area contributed by atoms with Crippen LogP contribution in [0.5, 0.6) is 0 Å². The molecule has 7 aromatic rings. The second-order valence-electron chi connectivity index (χ2n) is 15.5. The van der Waals surface area contributed by atoms with Crippen LogP contribution < -0.4 is 4.72 Å². The summed E-state index contributed by atoms with van der Waals surface area (Å²) >= 11 is 3.41. The van der Waals surface area contributed by atoms with Gasteiger partial charge in [-0.05, 0) is 125 Å². The molecule has 0 aliphatic rings. The lowest BCUT2D eigenvalue weighted by Gasteiger charge is -2.20. The molecule has 0 radical (unpaired) electrons. The zero-order valence-corrected chi connectivity index (χ0v) is 36.7. The Morgan fingerprint density at radius 3 is 1.55 bits per heavy atom. The van der Waals surface area contributed by atoms with Crippen LogP contribution in [0.15, 0.2) is 137 Å². The molecule has 0 unspecified atom stereocenters. The Bertz CT molecular complexity index is 2860.